The van der Waals surface area contributed by atoms with Crippen LogP contribution >= 0.6 is 0 Å². The molecule has 0 bridgehead atoms. The molecule has 0 saturated carbocycles. The average Bonchev–Trinajstić information content (AvgIpc) is 2.62. The summed E-state index contributed by atoms with van der Waals surface area (Å²) in [6, 6.07) is 3.86. The third kappa shape index (κ3) is 3.30. The summed E-state index contributed by atoms with van der Waals surface area (Å²) in [6.45, 7) is 9.96. The van der Waals surface area contributed by atoms with E-state index >= 15 is 0 Å². The number of ether oxygens (including phenoxy) is 1. The van der Waals surface area contributed by atoms with Crippen molar-refractivity contribution >= 4 is 11.8 Å². The first-order valence-electron chi connectivity index (χ1n) is 7.28. The molecule has 0 aromatic carbocycles. The highest BCUT2D eigenvalue weighted by molar-refractivity contribution is 5.97. The topological polar surface area (TPSA) is 70.1 Å². The summed E-state index contributed by atoms with van der Waals surface area (Å²) < 4.78 is 7.38. The van der Waals surface area contributed by atoms with Crippen LogP contribution in [0.15, 0.2) is 24.5 Å². The molecule has 0 saturated heterocycles. The van der Waals surface area contributed by atoms with Crippen LogP contribution in [0.1, 0.15) is 48.0 Å². The molecule has 0 radical (unpaired) electrons. The van der Waals surface area contributed by atoms with Gasteiger partial charge in [0.05, 0.1) is 6.54 Å². The van der Waals surface area contributed by atoms with Crippen molar-refractivity contribution in [2.75, 3.05) is 5.73 Å². The number of hydrogen-bond acceptors (Lipinski definition) is 4. The van der Waals surface area contributed by atoms with Gasteiger partial charge in [0.25, 0.3) is 0 Å². The molecule has 2 heterocycles. The summed E-state index contributed by atoms with van der Waals surface area (Å²) in [5.74, 6) is 0.0589. The summed E-state index contributed by atoms with van der Waals surface area (Å²) in [6.07, 6.45) is 3.52. The van der Waals surface area contributed by atoms with E-state index in [-0.39, 0.29) is 5.97 Å². The van der Waals surface area contributed by atoms with Crippen LogP contribution in [0.2, 0.25) is 0 Å². The minimum atomic E-state index is -0.546. The molecule has 0 aliphatic carbocycles. The zero-order valence-corrected chi connectivity index (χ0v) is 13.8. The number of aromatic nitrogens is 2. The third-order valence-electron chi connectivity index (χ3n) is 3.54. The van der Waals surface area contributed by atoms with Crippen LogP contribution in [-0.2, 0) is 11.3 Å². The van der Waals surface area contributed by atoms with Gasteiger partial charge in [0.15, 0.2) is 0 Å². The number of carbonyl (C=O) groups excluding carboxylic acids is 1. The van der Waals surface area contributed by atoms with Gasteiger partial charge < -0.3 is 15.0 Å². The van der Waals surface area contributed by atoms with Crippen LogP contribution in [0.4, 0.5) is 5.82 Å². The molecule has 5 nitrogen and oxygen atoms in total. The molecule has 0 spiro atoms. The molecule has 0 atom stereocenters. The third-order valence-corrected chi connectivity index (χ3v) is 3.54. The molecule has 2 N–H and O–H groups in total. The normalized spacial score (nSPS) is 11.5. The van der Waals surface area contributed by atoms with Crippen LogP contribution in [0.25, 0.3) is 0 Å². The van der Waals surface area contributed by atoms with E-state index in [4.69, 9.17) is 10.5 Å². The SMILES string of the molecule is Cc1c(C(=O)OC(C)(C)C)c(N)n(Cc2cccnc2)c1C. The van der Waals surface area contributed by atoms with Crippen molar-refractivity contribution in [3.63, 3.8) is 0 Å². The van der Waals surface area contributed by atoms with Crippen LogP contribution in [0.3, 0.4) is 0 Å². The molecule has 0 amide bonds. The van der Waals surface area contributed by atoms with E-state index in [9.17, 15) is 4.79 Å². The molecule has 2 aromatic heterocycles. The standard InChI is InChI=1S/C17H23N3O2/c1-11-12(2)20(10-13-7-6-8-19-9-13)15(18)14(11)16(21)22-17(3,4)5/h6-9H,10,18H2,1-5H3. The lowest BCUT2D eigenvalue weighted by atomic mass is 10.1. The van der Waals surface area contributed by atoms with Crippen molar-refractivity contribution < 1.29 is 9.53 Å². The molecule has 0 fully saturated rings. The zero-order chi connectivity index (χ0) is 16.5. The van der Waals surface area contributed by atoms with Crippen molar-refractivity contribution in [1.29, 1.82) is 0 Å². The van der Waals surface area contributed by atoms with Crippen LogP contribution < -0.4 is 5.73 Å². The Labute approximate surface area is 131 Å². The van der Waals surface area contributed by atoms with Gasteiger partial charge in [-0.05, 0) is 51.8 Å². The molecule has 2 rings (SSSR count). The summed E-state index contributed by atoms with van der Waals surface area (Å²) in [4.78, 5) is 16.5. The van der Waals surface area contributed by atoms with Crippen LogP contribution in [0.5, 0.6) is 0 Å². The number of carbonyl (C=O) groups is 1. The maximum Gasteiger partial charge on any atom is 0.342 e. The van der Waals surface area contributed by atoms with E-state index in [1.807, 2.05) is 51.3 Å². The van der Waals surface area contributed by atoms with E-state index in [0.717, 1.165) is 16.8 Å². The van der Waals surface area contributed by atoms with E-state index in [1.54, 1.807) is 12.4 Å². The predicted molar refractivity (Wildman–Crippen MR) is 86.8 cm³/mol. The summed E-state index contributed by atoms with van der Waals surface area (Å²) in [7, 11) is 0. The fourth-order valence-corrected chi connectivity index (χ4v) is 2.36. The molecular formula is C17H23N3O2. The van der Waals surface area contributed by atoms with E-state index in [2.05, 4.69) is 4.98 Å². The lowest BCUT2D eigenvalue weighted by Crippen LogP contribution is -2.24. The fraction of sp³-hybridized carbons (Fsp3) is 0.412. The van der Waals surface area contributed by atoms with E-state index in [1.165, 1.54) is 0 Å². The summed E-state index contributed by atoms with van der Waals surface area (Å²) >= 11 is 0. The van der Waals surface area contributed by atoms with E-state index < -0.39 is 5.60 Å². The Bertz CT molecular complexity index is 682. The Morgan fingerprint density at radius 2 is 2.05 bits per heavy atom. The Morgan fingerprint density at radius 3 is 2.59 bits per heavy atom. The van der Waals surface area contributed by atoms with Gasteiger partial charge >= 0.3 is 5.97 Å². The second kappa shape index (κ2) is 5.83. The van der Waals surface area contributed by atoms with Crippen molar-refractivity contribution in [2.24, 2.45) is 0 Å². The van der Waals surface area contributed by atoms with Crippen LogP contribution in [0, 0.1) is 13.8 Å². The maximum atomic E-state index is 12.4. The largest absolute Gasteiger partial charge is 0.456 e. The minimum absolute atomic E-state index is 0.379. The highest BCUT2D eigenvalue weighted by Crippen LogP contribution is 2.27. The lowest BCUT2D eigenvalue weighted by Gasteiger charge is -2.19. The molecular weight excluding hydrogens is 278 g/mol. The highest BCUT2D eigenvalue weighted by Gasteiger charge is 2.26. The lowest BCUT2D eigenvalue weighted by molar-refractivity contribution is 0.00701. The molecule has 0 aliphatic heterocycles. The smallest absolute Gasteiger partial charge is 0.342 e. The number of nitrogens with zero attached hydrogens (tertiary/aromatic N) is 2. The quantitative estimate of drug-likeness (QED) is 0.884. The van der Waals surface area contributed by atoms with Gasteiger partial charge in [-0.2, -0.15) is 0 Å². The minimum Gasteiger partial charge on any atom is -0.456 e. The van der Waals surface area contributed by atoms with E-state index in [0.29, 0.717) is 17.9 Å². The number of hydrogen-bond donors (Lipinski definition) is 1. The summed E-state index contributed by atoms with van der Waals surface area (Å²) in [5.41, 5.74) is 8.97. The molecule has 5 heteroatoms. The Hall–Kier alpha value is -2.30. The summed E-state index contributed by atoms with van der Waals surface area (Å²) in [5, 5.41) is 0. The second-order valence-electron chi connectivity index (χ2n) is 6.42. The first-order valence-corrected chi connectivity index (χ1v) is 7.28. The monoisotopic (exact) mass is 301 g/mol. The van der Waals surface area contributed by atoms with Gasteiger partial charge in [-0.3, -0.25) is 4.98 Å². The fourth-order valence-electron chi connectivity index (χ4n) is 2.36. The highest BCUT2D eigenvalue weighted by atomic mass is 16.6. The first kappa shape index (κ1) is 16.1. The first-order chi connectivity index (χ1) is 10.2. The van der Waals surface area contributed by atoms with Crippen molar-refractivity contribution in [3.05, 3.63) is 46.9 Å². The van der Waals surface area contributed by atoms with Crippen molar-refractivity contribution in [1.82, 2.24) is 9.55 Å². The second-order valence-corrected chi connectivity index (χ2v) is 6.42. The molecule has 0 aliphatic rings. The molecule has 22 heavy (non-hydrogen) atoms. The number of pyridine rings is 1. The van der Waals surface area contributed by atoms with Crippen molar-refractivity contribution in [3.8, 4) is 0 Å². The van der Waals surface area contributed by atoms with Gasteiger partial charge in [0, 0.05) is 18.1 Å². The Kier molecular flexibility index (Phi) is 4.26. The van der Waals surface area contributed by atoms with Gasteiger partial charge in [-0.15, -0.1) is 0 Å². The molecule has 118 valence electrons. The zero-order valence-electron chi connectivity index (χ0n) is 13.8. The number of rotatable bonds is 3. The predicted octanol–water partition coefficient (Wildman–Crippen LogP) is 3.09. The van der Waals surface area contributed by atoms with Crippen molar-refractivity contribution in [2.45, 2.75) is 46.8 Å². The molecule has 0 unspecified atom stereocenters. The number of nitrogen functional groups attached to an aromatic ring is 1. The van der Waals surface area contributed by atoms with Gasteiger partial charge in [-0.1, -0.05) is 6.07 Å². The van der Waals surface area contributed by atoms with Gasteiger partial charge in [0.1, 0.15) is 17.0 Å². The maximum absolute atomic E-state index is 12.4. The Balaban J connectivity index is 2.38. The van der Waals surface area contributed by atoms with Crippen LogP contribution in [-0.4, -0.2) is 21.1 Å². The number of esters is 1. The average molecular weight is 301 g/mol. The van der Waals surface area contributed by atoms with Gasteiger partial charge in [-0.25, -0.2) is 4.79 Å². The number of nitrogens with two attached hydrogens (primary N) is 1. The Morgan fingerprint density at radius 1 is 1.36 bits per heavy atom. The number of anilines is 1. The molecule has 2 aromatic rings. The van der Waals surface area contributed by atoms with Gasteiger partial charge in [0.2, 0.25) is 0 Å².